The Morgan fingerprint density at radius 2 is 1.52 bits per heavy atom. The van der Waals surface area contributed by atoms with Crippen LogP contribution in [-0.2, 0) is 9.59 Å². The van der Waals surface area contributed by atoms with Crippen molar-refractivity contribution in [3.63, 3.8) is 0 Å². The van der Waals surface area contributed by atoms with Crippen molar-refractivity contribution in [3.05, 3.63) is 65.9 Å². The number of amides is 2. The lowest BCUT2D eigenvalue weighted by Crippen LogP contribution is -2.35. The van der Waals surface area contributed by atoms with Crippen LogP contribution in [0.5, 0.6) is 5.75 Å². The van der Waals surface area contributed by atoms with E-state index in [0.717, 1.165) is 11.4 Å². The van der Waals surface area contributed by atoms with Gasteiger partial charge in [-0.2, -0.15) is 0 Å². The number of hydrogen-bond donors (Lipinski definition) is 1. The molecule has 0 saturated carbocycles. The Labute approximate surface area is 172 Å². The summed E-state index contributed by atoms with van der Waals surface area (Å²) in [7, 11) is 0. The second-order valence-corrected chi connectivity index (χ2v) is 8.09. The van der Waals surface area contributed by atoms with Crippen LogP contribution in [0, 0.1) is 11.8 Å². The summed E-state index contributed by atoms with van der Waals surface area (Å²) in [4.78, 5) is 27.5. The summed E-state index contributed by atoms with van der Waals surface area (Å²) in [6, 6.07) is 16.8. The van der Waals surface area contributed by atoms with Crippen molar-refractivity contribution in [1.82, 2.24) is 4.90 Å². The molecule has 0 radical (unpaired) electrons. The van der Waals surface area contributed by atoms with Gasteiger partial charge >= 0.3 is 0 Å². The van der Waals surface area contributed by atoms with Crippen LogP contribution in [-0.4, -0.2) is 29.9 Å². The molecule has 0 fully saturated rings. The highest BCUT2D eigenvalue weighted by molar-refractivity contribution is 6.36. The van der Waals surface area contributed by atoms with Crippen LogP contribution in [0.3, 0.4) is 0 Å². The van der Waals surface area contributed by atoms with Crippen LogP contribution >= 0.6 is 0 Å². The number of ether oxygens (including phenoxy) is 1. The molecule has 1 aliphatic rings. The van der Waals surface area contributed by atoms with Crippen molar-refractivity contribution in [2.75, 3.05) is 18.5 Å². The van der Waals surface area contributed by atoms with E-state index < -0.39 is 0 Å². The van der Waals surface area contributed by atoms with Crippen LogP contribution in [0.2, 0.25) is 0 Å². The Hall–Kier alpha value is -3.08. The summed E-state index contributed by atoms with van der Waals surface area (Å²) in [5.74, 6) is 0.807. The van der Waals surface area contributed by atoms with Gasteiger partial charge in [-0.05, 0) is 41.7 Å². The summed E-state index contributed by atoms with van der Waals surface area (Å²) in [5, 5.41) is 3.16. The average Bonchev–Trinajstić information content (AvgIpc) is 2.91. The first-order valence-electron chi connectivity index (χ1n) is 10.0. The van der Waals surface area contributed by atoms with Gasteiger partial charge in [0.2, 0.25) is 0 Å². The molecule has 5 heteroatoms. The zero-order chi connectivity index (χ0) is 21.0. The maximum Gasteiger partial charge on any atom is 0.278 e. The molecule has 1 N–H and O–H groups in total. The summed E-state index contributed by atoms with van der Waals surface area (Å²) in [5.41, 5.74) is 2.18. The van der Waals surface area contributed by atoms with Crippen molar-refractivity contribution in [2.24, 2.45) is 11.8 Å². The van der Waals surface area contributed by atoms with E-state index in [1.54, 1.807) is 0 Å². The summed E-state index contributed by atoms with van der Waals surface area (Å²) in [6.07, 6.45) is 0. The van der Waals surface area contributed by atoms with E-state index in [-0.39, 0.29) is 17.7 Å². The van der Waals surface area contributed by atoms with E-state index in [4.69, 9.17) is 4.74 Å². The van der Waals surface area contributed by atoms with Crippen molar-refractivity contribution in [1.29, 1.82) is 0 Å². The normalized spacial score (nSPS) is 14.3. The van der Waals surface area contributed by atoms with Crippen LogP contribution in [0.25, 0.3) is 5.57 Å². The third-order valence-corrected chi connectivity index (χ3v) is 4.49. The van der Waals surface area contributed by atoms with Crippen LogP contribution in [0.15, 0.2) is 60.3 Å². The number of imide groups is 1. The summed E-state index contributed by atoms with van der Waals surface area (Å²) in [6.45, 7) is 9.17. The molecule has 0 aromatic heterocycles. The highest BCUT2D eigenvalue weighted by Gasteiger charge is 2.39. The van der Waals surface area contributed by atoms with Gasteiger partial charge in [-0.15, -0.1) is 0 Å². The molecular weight excluding hydrogens is 364 g/mol. The number of hydrogen-bond acceptors (Lipinski definition) is 4. The molecular formula is C24H28N2O3. The first-order valence-corrected chi connectivity index (χ1v) is 10.0. The zero-order valence-corrected chi connectivity index (χ0v) is 17.4. The Morgan fingerprint density at radius 3 is 2.10 bits per heavy atom. The minimum atomic E-state index is -0.289. The van der Waals surface area contributed by atoms with E-state index in [2.05, 4.69) is 19.2 Å². The molecule has 3 rings (SSSR count). The molecule has 0 aliphatic carbocycles. The molecule has 2 aromatic carbocycles. The standard InChI is InChI=1S/C24H28N2O3/c1-16(2)14-26-23(27)21(18-10-12-20(13-11-18)29-15-17(3)4)22(24(26)28)25-19-8-6-5-7-9-19/h5-13,16-17,25H,14-15H2,1-4H3. The fourth-order valence-corrected chi connectivity index (χ4v) is 3.14. The third-order valence-electron chi connectivity index (χ3n) is 4.49. The fraction of sp³-hybridized carbons (Fsp3) is 0.333. The molecule has 0 atom stereocenters. The number of anilines is 1. The number of nitrogens with zero attached hydrogens (tertiary/aromatic N) is 1. The quantitative estimate of drug-likeness (QED) is 0.669. The predicted octanol–water partition coefficient (Wildman–Crippen LogP) is 4.57. The van der Waals surface area contributed by atoms with Gasteiger partial charge in [0.05, 0.1) is 12.2 Å². The monoisotopic (exact) mass is 392 g/mol. The van der Waals surface area contributed by atoms with Gasteiger partial charge in [-0.3, -0.25) is 14.5 Å². The first kappa shape index (κ1) is 20.6. The van der Waals surface area contributed by atoms with E-state index >= 15 is 0 Å². The maximum absolute atomic E-state index is 13.1. The molecule has 0 unspecified atom stereocenters. The number of carbonyl (C=O) groups is 2. The van der Waals surface area contributed by atoms with Gasteiger partial charge in [0.1, 0.15) is 11.4 Å². The second-order valence-electron chi connectivity index (χ2n) is 8.09. The second kappa shape index (κ2) is 8.95. The van der Waals surface area contributed by atoms with Crippen LogP contribution < -0.4 is 10.1 Å². The van der Waals surface area contributed by atoms with Crippen molar-refractivity contribution < 1.29 is 14.3 Å². The molecule has 29 heavy (non-hydrogen) atoms. The van der Waals surface area contributed by atoms with Gasteiger partial charge in [0, 0.05) is 12.2 Å². The van der Waals surface area contributed by atoms with Crippen molar-refractivity contribution in [2.45, 2.75) is 27.7 Å². The van der Waals surface area contributed by atoms with Gasteiger partial charge < -0.3 is 10.1 Å². The molecule has 0 spiro atoms. The Morgan fingerprint density at radius 1 is 0.862 bits per heavy atom. The lowest BCUT2D eigenvalue weighted by atomic mass is 10.0. The van der Waals surface area contributed by atoms with Gasteiger partial charge in [0.25, 0.3) is 11.8 Å². The topological polar surface area (TPSA) is 58.6 Å². The molecule has 1 heterocycles. The minimum absolute atomic E-state index is 0.187. The number of para-hydroxylation sites is 1. The van der Waals surface area contributed by atoms with E-state index in [9.17, 15) is 9.59 Å². The fourth-order valence-electron chi connectivity index (χ4n) is 3.14. The number of nitrogens with one attached hydrogen (secondary N) is 1. The molecule has 5 nitrogen and oxygen atoms in total. The smallest absolute Gasteiger partial charge is 0.278 e. The van der Waals surface area contributed by atoms with Crippen LogP contribution in [0.1, 0.15) is 33.3 Å². The van der Waals surface area contributed by atoms with Crippen molar-refractivity contribution in [3.8, 4) is 5.75 Å². The molecule has 1 aliphatic heterocycles. The van der Waals surface area contributed by atoms with E-state index in [0.29, 0.717) is 35.9 Å². The Kier molecular flexibility index (Phi) is 6.37. The largest absolute Gasteiger partial charge is 0.493 e. The summed E-state index contributed by atoms with van der Waals surface area (Å²) >= 11 is 0. The Balaban J connectivity index is 1.95. The molecule has 0 saturated heterocycles. The Bertz CT molecular complexity index is 899. The molecule has 2 amide bonds. The number of benzene rings is 2. The van der Waals surface area contributed by atoms with E-state index in [1.807, 2.05) is 68.4 Å². The van der Waals surface area contributed by atoms with Crippen molar-refractivity contribution >= 4 is 23.1 Å². The number of carbonyl (C=O) groups excluding carboxylic acids is 2. The lowest BCUT2D eigenvalue weighted by Gasteiger charge is -2.17. The van der Waals surface area contributed by atoms with Gasteiger partial charge in [-0.25, -0.2) is 0 Å². The van der Waals surface area contributed by atoms with E-state index in [1.165, 1.54) is 4.90 Å². The molecule has 0 bridgehead atoms. The molecule has 152 valence electrons. The third kappa shape index (κ3) is 4.86. The molecule has 2 aromatic rings. The van der Waals surface area contributed by atoms with Gasteiger partial charge in [0.15, 0.2) is 0 Å². The SMILES string of the molecule is CC(C)COc1ccc(C2=C(Nc3ccccc3)C(=O)N(CC(C)C)C2=O)cc1. The predicted molar refractivity (Wildman–Crippen MR) is 115 cm³/mol. The van der Waals surface area contributed by atoms with Crippen LogP contribution in [0.4, 0.5) is 5.69 Å². The zero-order valence-electron chi connectivity index (χ0n) is 17.4. The highest BCUT2D eigenvalue weighted by Crippen LogP contribution is 2.31. The number of rotatable bonds is 8. The van der Waals surface area contributed by atoms with Gasteiger partial charge in [-0.1, -0.05) is 58.0 Å². The first-order chi connectivity index (χ1) is 13.9. The average molecular weight is 392 g/mol. The lowest BCUT2D eigenvalue weighted by molar-refractivity contribution is -0.137. The highest BCUT2D eigenvalue weighted by atomic mass is 16.5. The minimum Gasteiger partial charge on any atom is -0.493 e. The maximum atomic E-state index is 13.1. The summed E-state index contributed by atoms with van der Waals surface area (Å²) < 4.78 is 5.74.